The van der Waals surface area contributed by atoms with Crippen molar-refractivity contribution in [3.63, 3.8) is 0 Å². The number of benzene rings is 1. The molecule has 1 aromatic carbocycles. The van der Waals surface area contributed by atoms with Gasteiger partial charge in [0.15, 0.2) is 0 Å². The van der Waals surface area contributed by atoms with E-state index in [9.17, 15) is 0 Å². The van der Waals surface area contributed by atoms with E-state index >= 15 is 0 Å². The third-order valence-corrected chi connectivity index (χ3v) is 2.80. The van der Waals surface area contributed by atoms with Crippen LogP contribution in [0.3, 0.4) is 0 Å². The molecular formula is C13H19N3. The summed E-state index contributed by atoms with van der Waals surface area (Å²) in [6.07, 6.45) is 0. The zero-order valence-corrected chi connectivity index (χ0v) is 10.3. The number of aromatic nitrogens is 2. The van der Waals surface area contributed by atoms with Crippen molar-refractivity contribution in [3.8, 4) is 0 Å². The molecule has 0 unspecified atom stereocenters. The van der Waals surface area contributed by atoms with Crippen molar-refractivity contribution in [2.45, 2.75) is 39.2 Å². The van der Waals surface area contributed by atoms with Crippen LogP contribution in [0.15, 0.2) is 18.2 Å². The average molecular weight is 217 g/mol. The number of imidazole rings is 1. The molecule has 0 bridgehead atoms. The number of fused-ring (bicyclic) bond motifs is 1. The third-order valence-electron chi connectivity index (χ3n) is 2.80. The Morgan fingerprint density at radius 2 is 2.00 bits per heavy atom. The standard InChI is InChI=1S/C13H19N3/c1-8(14)12-15-10-6-5-9(13(2,3)4)7-11(10)16-12/h5-8H,14H2,1-4H3,(H,15,16)/t8-/m0/s1. The van der Waals surface area contributed by atoms with Crippen LogP contribution in [0.4, 0.5) is 0 Å². The van der Waals surface area contributed by atoms with Gasteiger partial charge in [0.1, 0.15) is 5.82 Å². The van der Waals surface area contributed by atoms with E-state index in [0.29, 0.717) is 0 Å². The summed E-state index contributed by atoms with van der Waals surface area (Å²) in [5.74, 6) is 0.848. The van der Waals surface area contributed by atoms with Gasteiger partial charge in [0.2, 0.25) is 0 Å². The highest BCUT2D eigenvalue weighted by atomic mass is 15.0. The molecule has 0 saturated carbocycles. The lowest BCUT2D eigenvalue weighted by Gasteiger charge is -2.18. The van der Waals surface area contributed by atoms with Gasteiger partial charge in [-0.15, -0.1) is 0 Å². The molecule has 1 atom stereocenters. The maximum absolute atomic E-state index is 5.81. The molecule has 3 heteroatoms. The molecule has 86 valence electrons. The van der Waals surface area contributed by atoms with Crippen molar-refractivity contribution >= 4 is 11.0 Å². The number of H-pyrrole nitrogens is 1. The van der Waals surface area contributed by atoms with Gasteiger partial charge in [0, 0.05) is 0 Å². The monoisotopic (exact) mass is 217 g/mol. The number of aromatic amines is 1. The molecule has 2 aromatic rings. The van der Waals surface area contributed by atoms with Gasteiger partial charge in [-0.2, -0.15) is 0 Å². The normalized spacial score (nSPS) is 14.3. The predicted molar refractivity (Wildman–Crippen MR) is 67.4 cm³/mol. The van der Waals surface area contributed by atoms with Gasteiger partial charge < -0.3 is 10.7 Å². The van der Waals surface area contributed by atoms with Gasteiger partial charge in [-0.25, -0.2) is 4.98 Å². The fourth-order valence-electron chi connectivity index (χ4n) is 1.71. The zero-order valence-electron chi connectivity index (χ0n) is 10.3. The number of nitrogens with zero attached hydrogens (tertiary/aromatic N) is 1. The first kappa shape index (κ1) is 11.1. The molecule has 3 nitrogen and oxygen atoms in total. The van der Waals surface area contributed by atoms with Crippen molar-refractivity contribution < 1.29 is 0 Å². The van der Waals surface area contributed by atoms with Gasteiger partial charge in [-0.1, -0.05) is 26.8 Å². The van der Waals surface area contributed by atoms with Crippen molar-refractivity contribution in [1.29, 1.82) is 0 Å². The Balaban J connectivity index is 2.54. The van der Waals surface area contributed by atoms with Gasteiger partial charge in [0.05, 0.1) is 17.1 Å². The highest BCUT2D eigenvalue weighted by Crippen LogP contribution is 2.25. The smallest absolute Gasteiger partial charge is 0.123 e. The number of nitrogens with one attached hydrogen (secondary N) is 1. The Labute approximate surface area is 96.1 Å². The molecule has 16 heavy (non-hydrogen) atoms. The minimum Gasteiger partial charge on any atom is -0.341 e. The Morgan fingerprint density at radius 3 is 2.56 bits per heavy atom. The average Bonchev–Trinajstić information content (AvgIpc) is 2.58. The highest BCUT2D eigenvalue weighted by molar-refractivity contribution is 5.76. The lowest BCUT2D eigenvalue weighted by atomic mass is 9.87. The topological polar surface area (TPSA) is 54.7 Å². The molecule has 0 saturated heterocycles. The molecule has 2 rings (SSSR count). The molecule has 0 aliphatic heterocycles. The summed E-state index contributed by atoms with van der Waals surface area (Å²) in [4.78, 5) is 7.74. The molecule has 1 aromatic heterocycles. The fourth-order valence-corrected chi connectivity index (χ4v) is 1.71. The second-order valence-electron chi connectivity index (χ2n) is 5.39. The van der Waals surface area contributed by atoms with E-state index in [1.807, 2.05) is 6.92 Å². The number of hydrogen-bond donors (Lipinski definition) is 2. The lowest BCUT2D eigenvalue weighted by Crippen LogP contribution is -2.10. The first-order valence-electron chi connectivity index (χ1n) is 5.63. The number of rotatable bonds is 1. The van der Waals surface area contributed by atoms with Crippen LogP contribution in [-0.2, 0) is 5.41 Å². The van der Waals surface area contributed by atoms with Crippen molar-refractivity contribution in [3.05, 3.63) is 29.6 Å². The van der Waals surface area contributed by atoms with E-state index in [1.165, 1.54) is 5.56 Å². The summed E-state index contributed by atoms with van der Waals surface area (Å²) < 4.78 is 0. The summed E-state index contributed by atoms with van der Waals surface area (Å²) in [5, 5.41) is 0. The fraction of sp³-hybridized carbons (Fsp3) is 0.462. The molecule has 3 N–H and O–H groups in total. The summed E-state index contributed by atoms with van der Waals surface area (Å²) >= 11 is 0. The molecule has 0 aliphatic carbocycles. The Bertz CT molecular complexity index is 503. The lowest BCUT2D eigenvalue weighted by molar-refractivity contribution is 0.591. The highest BCUT2D eigenvalue weighted by Gasteiger charge is 2.15. The SMILES string of the molecule is C[C@H](N)c1nc2cc(C(C)(C)C)ccc2[nH]1. The Hall–Kier alpha value is -1.35. The van der Waals surface area contributed by atoms with E-state index in [0.717, 1.165) is 16.9 Å². The maximum atomic E-state index is 5.81. The van der Waals surface area contributed by atoms with Crippen LogP contribution in [0.25, 0.3) is 11.0 Å². The molecule has 0 spiro atoms. The van der Waals surface area contributed by atoms with E-state index in [2.05, 4.69) is 48.9 Å². The van der Waals surface area contributed by atoms with Gasteiger partial charge >= 0.3 is 0 Å². The molecule has 0 fully saturated rings. The van der Waals surface area contributed by atoms with Crippen molar-refractivity contribution in [1.82, 2.24) is 9.97 Å². The summed E-state index contributed by atoms with van der Waals surface area (Å²) in [5.41, 5.74) is 9.31. The van der Waals surface area contributed by atoms with Crippen molar-refractivity contribution in [2.75, 3.05) is 0 Å². The summed E-state index contributed by atoms with van der Waals surface area (Å²) in [6, 6.07) is 6.31. The maximum Gasteiger partial charge on any atom is 0.123 e. The summed E-state index contributed by atoms with van der Waals surface area (Å²) in [7, 11) is 0. The van der Waals surface area contributed by atoms with Gasteiger partial charge in [0.25, 0.3) is 0 Å². The van der Waals surface area contributed by atoms with E-state index in [1.54, 1.807) is 0 Å². The van der Waals surface area contributed by atoms with E-state index in [4.69, 9.17) is 5.73 Å². The first-order chi connectivity index (χ1) is 7.38. The van der Waals surface area contributed by atoms with E-state index < -0.39 is 0 Å². The van der Waals surface area contributed by atoms with E-state index in [-0.39, 0.29) is 11.5 Å². The second-order valence-corrected chi connectivity index (χ2v) is 5.39. The predicted octanol–water partition coefficient (Wildman–Crippen LogP) is 2.88. The van der Waals surface area contributed by atoms with Crippen molar-refractivity contribution in [2.24, 2.45) is 5.73 Å². The molecule has 0 amide bonds. The van der Waals surface area contributed by atoms with Gasteiger partial charge in [-0.05, 0) is 30.0 Å². The van der Waals surface area contributed by atoms with Crippen LogP contribution < -0.4 is 5.73 Å². The Morgan fingerprint density at radius 1 is 1.31 bits per heavy atom. The van der Waals surface area contributed by atoms with Crippen LogP contribution in [0.5, 0.6) is 0 Å². The van der Waals surface area contributed by atoms with Crippen LogP contribution in [-0.4, -0.2) is 9.97 Å². The molecular weight excluding hydrogens is 198 g/mol. The van der Waals surface area contributed by atoms with Crippen LogP contribution in [0.2, 0.25) is 0 Å². The van der Waals surface area contributed by atoms with Crippen LogP contribution in [0, 0.1) is 0 Å². The largest absolute Gasteiger partial charge is 0.341 e. The summed E-state index contributed by atoms with van der Waals surface area (Å²) in [6.45, 7) is 8.54. The zero-order chi connectivity index (χ0) is 11.9. The molecule has 0 radical (unpaired) electrons. The minimum absolute atomic E-state index is 0.0505. The molecule has 0 aliphatic rings. The third kappa shape index (κ3) is 1.95. The number of hydrogen-bond acceptors (Lipinski definition) is 2. The number of nitrogens with two attached hydrogens (primary N) is 1. The van der Waals surface area contributed by atoms with Crippen LogP contribution >= 0.6 is 0 Å². The van der Waals surface area contributed by atoms with Gasteiger partial charge in [-0.3, -0.25) is 0 Å². The first-order valence-corrected chi connectivity index (χ1v) is 5.63. The Kier molecular flexibility index (Phi) is 2.50. The second kappa shape index (κ2) is 3.59. The quantitative estimate of drug-likeness (QED) is 0.771. The molecule has 1 heterocycles. The van der Waals surface area contributed by atoms with Crippen LogP contribution in [0.1, 0.15) is 45.1 Å². The minimum atomic E-state index is -0.0505.